The lowest BCUT2D eigenvalue weighted by Gasteiger charge is -2.29. The summed E-state index contributed by atoms with van der Waals surface area (Å²) in [6.07, 6.45) is 0. The van der Waals surface area contributed by atoms with Crippen LogP contribution in [0, 0.1) is 11.7 Å². The Kier molecular flexibility index (Phi) is 6.06. The molecule has 33 heavy (non-hydrogen) atoms. The number of halogens is 1. The first-order valence-corrected chi connectivity index (χ1v) is 12.2. The highest BCUT2D eigenvalue weighted by Crippen LogP contribution is 2.39. The first-order valence-electron chi connectivity index (χ1n) is 10.4. The normalized spacial score (nSPS) is 17.3. The van der Waals surface area contributed by atoms with Gasteiger partial charge in [-0.25, -0.2) is 14.1 Å². The van der Waals surface area contributed by atoms with Gasteiger partial charge in [-0.1, -0.05) is 54.2 Å². The van der Waals surface area contributed by atoms with E-state index in [-0.39, 0.29) is 17.8 Å². The summed E-state index contributed by atoms with van der Waals surface area (Å²) in [5.41, 5.74) is 1.99. The van der Waals surface area contributed by atoms with Gasteiger partial charge in [0.25, 0.3) is 0 Å². The van der Waals surface area contributed by atoms with Gasteiger partial charge >= 0.3 is 0 Å². The Morgan fingerprint density at radius 3 is 2.67 bits per heavy atom. The monoisotopic (exact) mass is 477 g/mol. The molecule has 2 aromatic carbocycles. The lowest BCUT2D eigenvalue weighted by Crippen LogP contribution is -2.38. The molecule has 0 radical (unpaired) electrons. The van der Waals surface area contributed by atoms with Gasteiger partial charge in [0, 0.05) is 22.0 Å². The Labute approximate surface area is 198 Å². The van der Waals surface area contributed by atoms with Crippen molar-refractivity contribution in [3.8, 4) is 0 Å². The van der Waals surface area contributed by atoms with E-state index in [4.69, 9.17) is 0 Å². The number of hydrogen-bond acceptors (Lipinski definition) is 6. The fraction of sp³-hybridized carbons (Fsp3) is 0.167. The molecule has 4 aromatic rings. The van der Waals surface area contributed by atoms with Crippen molar-refractivity contribution in [2.75, 3.05) is 5.32 Å². The average molecular weight is 478 g/mol. The lowest BCUT2D eigenvalue weighted by molar-refractivity contribution is -0.118. The fourth-order valence-electron chi connectivity index (χ4n) is 3.79. The minimum absolute atomic E-state index is 0.150. The standard InChI is InChI=1S/C24H20FN5OS2/c1-15-20(22(31)27-17-9-3-2-4-10-17)21(19-12-7-13-32-19)30-23(26-15)28-24(29-30)33-14-16-8-5-6-11-18(16)25/h2-13,20-21H,14H2,1H3,(H,27,31). The van der Waals surface area contributed by atoms with Crippen LogP contribution in [0.15, 0.2) is 82.3 Å². The molecule has 0 bridgehead atoms. The number of anilines is 1. The van der Waals surface area contributed by atoms with Crippen LogP contribution in [0.3, 0.4) is 0 Å². The molecule has 3 heterocycles. The Morgan fingerprint density at radius 2 is 1.91 bits per heavy atom. The van der Waals surface area contributed by atoms with Gasteiger partial charge in [-0.2, -0.15) is 4.98 Å². The Morgan fingerprint density at radius 1 is 1.12 bits per heavy atom. The molecule has 6 nitrogen and oxygen atoms in total. The van der Waals surface area contributed by atoms with E-state index in [1.165, 1.54) is 17.8 Å². The summed E-state index contributed by atoms with van der Waals surface area (Å²) in [5, 5.41) is 10.1. The molecule has 0 spiro atoms. The number of benzene rings is 2. The number of aromatic nitrogens is 3. The van der Waals surface area contributed by atoms with Crippen molar-refractivity contribution in [2.24, 2.45) is 10.9 Å². The van der Waals surface area contributed by atoms with Crippen molar-refractivity contribution in [1.29, 1.82) is 0 Å². The van der Waals surface area contributed by atoms with Gasteiger partial charge in [-0.05, 0) is 42.1 Å². The molecule has 0 fully saturated rings. The fourth-order valence-corrected chi connectivity index (χ4v) is 5.45. The van der Waals surface area contributed by atoms with Gasteiger partial charge < -0.3 is 5.32 Å². The Hall–Kier alpha value is -3.30. The topological polar surface area (TPSA) is 72.2 Å². The van der Waals surface area contributed by atoms with Gasteiger partial charge in [0.15, 0.2) is 0 Å². The number of fused-ring (bicyclic) bond motifs is 1. The van der Waals surface area contributed by atoms with Crippen molar-refractivity contribution in [1.82, 2.24) is 14.8 Å². The second-order valence-electron chi connectivity index (χ2n) is 7.57. The van der Waals surface area contributed by atoms with E-state index in [2.05, 4.69) is 20.4 Å². The van der Waals surface area contributed by atoms with Crippen LogP contribution < -0.4 is 5.32 Å². The molecule has 0 saturated carbocycles. The summed E-state index contributed by atoms with van der Waals surface area (Å²) in [6, 6.07) is 19.6. The Balaban J connectivity index is 1.46. The SMILES string of the molecule is CC1=Nc2nc(SCc3ccccc3F)nn2C(c2cccs2)C1C(=O)Nc1ccccc1. The quantitative estimate of drug-likeness (QED) is 0.361. The maximum Gasteiger partial charge on any atom is 0.249 e. The highest BCUT2D eigenvalue weighted by Gasteiger charge is 2.40. The number of nitrogens with zero attached hydrogens (tertiary/aromatic N) is 4. The van der Waals surface area contributed by atoms with E-state index in [0.717, 1.165) is 10.6 Å². The van der Waals surface area contributed by atoms with Crippen molar-refractivity contribution in [3.63, 3.8) is 0 Å². The molecule has 1 amide bonds. The van der Waals surface area contributed by atoms with E-state index >= 15 is 0 Å². The molecule has 0 saturated heterocycles. The van der Waals surface area contributed by atoms with Crippen molar-refractivity contribution >= 4 is 46.4 Å². The average Bonchev–Trinajstić information content (AvgIpc) is 3.48. The molecule has 2 aromatic heterocycles. The van der Waals surface area contributed by atoms with E-state index in [1.54, 1.807) is 34.2 Å². The largest absolute Gasteiger partial charge is 0.325 e. The summed E-state index contributed by atoms with van der Waals surface area (Å²) in [6.45, 7) is 1.85. The predicted octanol–water partition coefficient (Wildman–Crippen LogP) is 5.72. The predicted molar refractivity (Wildman–Crippen MR) is 130 cm³/mol. The lowest BCUT2D eigenvalue weighted by atomic mass is 9.91. The molecule has 1 aliphatic rings. The molecule has 1 aliphatic heterocycles. The maximum absolute atomic E-state index is 14.0. The molecule has 0 aliphatic carbocycles. The van der Waals surface area contributed by atoms with Crippen LogP contribution in [0.5, 0.6) is 0 Å². The summed E-state index contributed by atoms with van der Waals surface area (Å²) in [4.78, 5) is 23.5. The molecule has 1 N–H and O–H groups in total. The zero-order valence-electron chi connectivity index (χ0n) is 17.7. The zero-order valence-corrected chi connectivity index (χ0v) is 19.3. The smallest absolute Gasteiger partial charge is 0.249 e. The van der Waals surface area contributed by atoms with Crippen molar-refractivity contribution in [2.45, 2.75) is 23.9 Å². The number of thiophene rings is 1. The van der Waals surface area contributed by atoms with Gasteiger partial charge in [0.05, 0.1) is 0 Å². The number of amides is 1. The number of carbonyl (C=O) groups excluding carboxylic acids is 1. The molecular weight excluding hydrogens is 457 g/mol. The first kappa shape index (κ1) is 21.5. The van der Waals surface area contributed by atoms with Crippen LogP contribution in [-0.2, 0) is 10.5 Å². The molecule has 166 valence electrons. The second kappa shape index (κ2) is 9.29. The van der Waals surface area contributed by atoms with Crippen molar-refractivity contribution < 1.29 is 9.18 Å². The highest BCUT2D eigenvalue weighted by molar-refractivity contribution is 7.98. The zero-order chi connectivity index (χ0) is 22.8. The van der Waals surface area contributed by atoms with E-state index in [0.29, 0.717) is 28.1 Å². The number of aliphatic imine (C=N–C) groups is 1. The summed E-state index contributed by atoms with van der Waals surface area (Å²) in [5.74, 6) is -0.0897. The van der Waals surface area contributed by atoms with E-state index < -0.39 is 5.92 Å². The minimum Gasteiger partial charge on any atom is -0.325 e. The maximum atomic E-state index is 14.0. The number of carbonyl (C=O) groups is 1. The van der Waals surface area contributed by atoms with E-state index in [9.17, 15) is 9.18 Å². The third kappa shape index (κ3) is 4.46. The van der Waals surface area contributed by atoms with Crippen molar-refractivity contribution in [3.05, 3.63) is 88.4 Å². The Bertz CT molecular complexity index is 1300. The number of nitrogens with one attached hydrogen (secondary N) is 1. The van der Waals surface area contributed by atoms with Gasteiger partial charge in [-0.3, -0.25) is 4.79 Å². The van der Waals surface area contributed by atoms with Crippen LogP contribution >= 0.6 is 23.1 Å². The number of thioether (sulfide) groups is 1. The second-order valence-corrected chi connectivity index (χ2v) is 9.49. The summed E-state index contributed by atoms with van der Waals surface area (Å²) in [7, 11) is 0. The number of para-hydroxylation sites is 1. The molecule has 2 unspecified atom stereocenters. The summed E-state index contributed by atoms with van der Waals surface area (Å²) < 4.78 is 15.7. The molecule has 9 heteroatoms. The van der Waals surface area contributed by atoms with Crippen LogP contribution in [0.25, 0.3) is 0 Å². The van der Waals surface area contributed by atoms with Crippen LogP contribution in [-0.4, -0.2) is 26.4 Å². The molecular formula is C24H20FN5OS2. The molecule has 5 rings (SSSR count). The van der Waals surface area contributed by atoms with Gasteiger partial charge in [0.2, 0.25) is 17.0 Å². The third-order valence-corrected chi connectivity index (χ3v) is 7.20. The first-order chi connectivity index (χ1) is 16.1. The van der Waals surface area contributed by atoms with Crippen LogP contribution in [0.2, 0.25) is 0 Å². The van der Waals surface area contributed by atoms with Gasteiger partial charge in [0.1, 0.15) is 17.8 Å². The number of rotatable bonds is 6. The number of hydrogen-bond donors (Lipinski definition) is 1. The van der Waals surface area contributed by atoms with Crippen LogP contribution in [0.1, 0.15) is 23.4 Å². The van der Waals surface area contributed by atoms with E-state index in [1.807, 2.05) is 54.8 Å². The molecule has 2 atom stereocenters. The van der Waals surface area contributed by atoms with Gasteiger partial charge in [-0.15, -0.1) is 16.4 Å². The highest BCUT2D eigenvalue weighted by atomic mass is 32.2. The van der Waals surface area contributed by atoms with Crippen LogP contribution in [0.4, 0.5) is 16.0 Å². The summed E-state index contributed by atoms with van der Waals surface area (Å²) >= 11 is 2.91. The third-order valence-electron chi connectivity index (χ3n) is 5.37. The minimum atomic E-state index is -0.539.